The Morgan fingerprint density at radius 3 is 2.95 bits per heavy atom. The molecule has 1 atom stereocenters. The van der Waals surface area contributed by atoms with E-state index >= 15 is 0 Å². The van der Waals surface area contributed by atoms with Crippen molar-refractivity contribution in [3.63, 3.8) is 0 Å². The number of hydrogen-bond donors (Lipinski definition) is 2. The number of nitrogens with one attached hydrogen (secondary N) is 1. The molecule has 1 unspecified atom stereocenters. The quantitative estimate of drug-likeness (QED) is 0.805. The number of ether oxygens (including phenoxy) is 1. The molecule has 20 heavy (non-hydrogen) atoms. The zero-order valence-electron chi connectivity index (χ0n) is 11.5. The van der Waals surface area contributed by atoms with E-state index in [-0.39, 0.29) is 11.9 Å². The van der Waals surface area contributed by atoms with Crippen LogP contribution in [0.2, 0.25) is 0 Å². The van der Waals surface area contributed by atoms with Crippen LogP contribution in [-0.2, 0) is 6.54 Å². The van der Waals surface area contributed by atoms with E-state index in [0.29, 0.717) is 23.5 Å². The number of nitrogens with two attached hydrogens (primary N) is 1. The Bertz CT molecular complexity index is 581. The van der Waals surface area contributed by atoms with E-state index in [0.717, 1.165) is 0 Å². The van der Waals surface area contributed by atoms with Crippen molar-refractivity contribution < 1.29 is 9.53 Å². The van der Waals surface area contributed by atoms with Gasteiger partial charge >= 0.3 is 0 Å². The van der Waals surface area contributed by atoms with Gasteiger partial charge in [-0.2, -0.15) is 5.10 Å². The largest absolute Gasteiger partial charge is 0.497 e. The maximum atomic E-state index is 12.1. The van der Waals surface area contributed by atoms with E-state index in [1.165, 1.54) is 0 Å². The highest BCUT2D eigenvalue weighted by atomic mass is 16.5. The van der Waals surface area contributed by atoms with Gasteiger partial charge in [-0.05, 0) is 25.1 Å². The van der Waals surface area contributed by atoms with Crippen molar-refractivity contribution >= 4 is 11.6 Å². The number of hydrogen-bond acceptors (Lipinski definition) is 4. The van der Waals surface area contributed by atoms with Crippen LogP contribution < -0.4 is 15.8 Å². The van der Waals surface area contributed by atoms with Crippen molar-refractivity contribution in [3.8, 4) is 5.75 Å². The number of rotatable bonds is 5. The van der Waals surface area contributed by atoms with E-state index < -0.39 is 0 Å². The molecule has 0 radical (unpaired) electrons. The van der Waals surface area contributed by atoms with Gasteiger partial charge in [-0.25, -0.2) is 0 Å². The van der Waals surface area contributed by atoms with Gasteiger partial charge in [0, 0.05) is 30.2 Å². The first-order chi connectivity index (χ1) is 9.60. The van der Waals surface area contributed by atoms with Gasteiger partial charge in [-0.1, -0.05) is 0 Å². The van der Waals surface area contributed by atoms with Crippen molar-refractivity contribution in [3.05, 3.63) is 42.2 Å². The van der Waals surface area contributed by atoms with E-state index in [2.05, 4.69) is 10.4 Å². The minimum Gasteiger partial charge on any atom is -0.497 e. The normalized spacial score (nSPS) is 11.9. The summed E-state index contributed by atoms with van der Waals surface area (Å²) in [5, 5.41) is 6.99. The first-order valence-electron chi connectivity index (χ1n) is 6.32. The lowest BCUT2D eigenvalue weighted by Gasteiger charge is -2.15. The first kappa shape index (κ1) is 13.9. The van der Waals surface area contributed by atoms with Gasteiger partial charge in [0.25, 0.3) is 5.91 Å². The molecule has 1 aromatic carbocycles. The summed E-state index contributed by atoms with van der Waals surface area (Å²) in [6.07, 6.45) is 3.56. The molecule has 3 N–H and O–H groups in total. The first-order valence-corrected chi connectivity index (χ1v) is 6.32. The Morgan fingerprint density at radius 2 is 2.35 bits per heavy atom. The highest BCUT2D eigenvalue weighted by Gasteiger charge is 2.13. The predicted octanol–water partition coefficient (Wildman–Crippen LogP) is 1.29. The average molecular weight is 274 g/mol. The number of benzene rings is 1. The third kappa shape index (κ3) is 3.28. The monoisotopic (exact) mass is 274 g/mol. The molecule has 0 saturated carbocycles. The van der Waals surface area contributed by atoms with Crippen LogP contribution in [0, 0.1) is 0 Å². The molecular weight excluding hydrogens is 256 g/mol. The summed E-state index contributed by atoms with van der Waals surface area (Å²) in [6.45, 7) is 2.52. The van der Waals surface area contributed by atoms with E-state index in [9.17, 15) is 4.79 Å². The third-order valence-corrected chi connectivity index (χ3v) is 2.90. The van der Waals surface area contributed by atoms with E-state index in [1.54, 1.807) is 36.2 Å². The van der Waals surface area contributed by atoms with Crippen molar-refractivity contribution in [2.45, 2.75) is 19.5 Å². The second kappa shape index (κ2) is 6.10. The number of amides is 1. The molecule has 106 valence electrons. The fourth-order valence-corrected chi connectivity index (χ4v) is 1.91. The summed E-state index contributed by atoms with van der Waals surface area (Å²) in [6, 6.07) is 6.79. The van der Waals surface area contributed by atoms with Gasteiger partial charge in [-0.15, -0.1) is 0 Å². The van der Waals surface area contributed by atoms with Crippen LogP contribution in [-0.4, -0.2) is 28.8 Å². The fraction of sp³-hybridized carbons (Fsp3) is 0.286. The lowest BCUT2D eigenvalue weighted by molar-refractivity contribution is 0.0937. The number of carbonyl (C=O) groups is 1. The van der Waals surface area contributed by atoms with Gasteiger partial charge in [0.2, 0.25) is 0 Å². The Balaban J connectivity index is 2.00. The Kier molecular flexibility index (Phi) is 4.24. The fourth-order valence-electron chi connectivity index (χ4n) is 1.91. The number of nitrogen functional groups attached to an aromatic ring is 1. The van der Waals surface area contributed by atoms with Crippen LogP contribution in [0.5, 0.6) is 5.75 Å². The van der Waals surface area contributed by atoms with E-state index in [4.69, 9.17) is 10.5 Å². The van der Waals surface area contributed by atoms with Crippen LogP contribution in [0.1, 0.15) is 17.3 Å². The lowest BCUT2D eigenvalue weighted by atomic mass is 10.1. The van der Waals surface area contributed by atoms with Crippen LogP contribution >= 0.6 is 0 Å². The standard InChI is InChI=1S/C14H18N4O2/c1-10(9-18-7-3-6-16-18)17-14(19)12-5-4-11(20-2)8-13(12)15/h3-8,10H,9,15H2,1-2H3,(H,17,19). The molecule has 0 aliphatic carbocycles. The highest BCUT2D eigenvalue weighted by molar-refractivity contribution is 5.99. The number of aromatic nitrogens is 2. The maximum Gasteiger partial charge on any atom is 0.253 e. The van der Waals surface area contributed by atoms with Crippen molar-refractivity contribution in [1.82, 2.24) is 15.1 Å². The van der Waals surface area contributed by atoms with Gasteiger partial charge in [0.15, 0.2) is 0 Å². The molecule has 0 saturated heterocycles. The molecule has 2 rings (SSSR count). The van der Waals surface area contributed by atoms with Gasteiger partial charge in [0.05, 0.1) is 19.2 Å². The molecule has 6 nitrogen and oxygen atoms in total. The zero-order chi connectivity index (χ0) is 14.5. The minimum absolute atomic E-state index is 0.0519. The Labute approximate surface area is 117 Å². The molecule has 0 spiro atoms. The molecule has 1 aromatic heterocycles. The molecule has 0 bridgehead atoms. The van der Waals surface area contributed by atoms with Crippen LogP contribution in [0.25, 0.3) is 0 Å². The lowest BCUT2D eigenvalue weighted by Crippen LogP contribution is -2.36. The summed E-state index contributed by atoms with van der Waals surface area (Å²) >= 11 is 0. The van der Waals surface area contributed by atoms with Crippen LogP contribution in [0.15, 0.2) is 36.7 Å². The smallest absolute Gasteiger partial charge is 0.253 e. The second-order valence-electron chi connectivity index (χ2n) is 4.56. The topological polar surface area (TPSA) is 82.2 Å². The van der Waals surface area contributed by atoms with Gasteiger partial charge in [0.1, 0.15) is 5.75 Å². The SMILES string of the molecule is COc1ccc(C(=O)NC(C)Cn2cccn2)c(N)c1. The minimum atomic E-state index is -0.204. The Hall–Kier alpha value is -2.50. The van der Waals surface area contributed by atoms with Crippen LogP contribution in [0.4, 0.5) is 5.69 Å². The van der Waals surface area contributed by atoms with Crippen molar-refractivity contribution in [2.75, 3.05) is 12.8 Å². The molecule has 0 fully saturated rings. The zero-order valence-corrected chi connectivity index (χ0v) is 11.5. The van der Waals surface area contributed by atoms with E-state index in [1.807, 2.05) is 19.2 Å². The summed E-state index contributed by atoms with van der Waals surface area (Å²) in [7, 11) is 1.56. The predicted molar refractivity (Wildman–Crippen MR) is 76.6 cm³/mol. The third-order valence-electron chi connectivity index (χ3n) is 2.90. The summed E-state index contributed by atoms with van der Waals surface area (Å²) in [4.78, 5) is 12.1. The van der Waals surface area contributed by atoms with Gasteiger partial charge in [-0.3, -0.25) is 9.48 Å². The summed E-state index contributed by atoms with van der Waals surface area (Å²) in [5.74, 6) is 0.424. The number of nitrogens with zero attached hydrogens (tertiary/aromatic N) is 2. The van der Waals surface area contributed by atoms with Crippen molar-refractivity contribution in [2.24, 2.45) is 0 Å². The molecule has 0 aliphatic rings. The molecule has 1 amide bonds. The molecular formula is C14H18N4O2. The molecule has 6 heteroatoms. The molecule has 2 aromatic rings. The van der Waals surface area contributed by atoms with Crippen LogP contribution in [0.3, 0.4) is 0 Å². The maximum absolute atomic E-state index is 12.1. The van der Waals surface area contributed by atoms with Crippen molar-refractivity contribution in [1.29, 1.82) is 0 Å². The number of carbonyl (C=O) groups excluding carboxylic acids is 1. The second-order valence-corrected chi connectivity index (χ2v) is 4.56. The number of anilines is 1. The highest BCUT2D eigenvalue weighted by Crippen LogP contribution is 2.19. The van der Waals surface area contributed by atoms with Gasteiger partial charge < -0.3 is 15.8 Å². The molecule has 0 aliphatic heterocycles. The summed E-state index contributed by atoms with van der Waals surface area (Å²) in [5.41, 5.74) is 6.69. The summed E-state index contributed by atoms with van der Waals surface area (Å²) < 4.78 is 6.82. The molecule has 1 heterocycles. The number of methoxy groups -OCH3 is 1. The average Bonchev–Trinajstić information content (AvgIpc) is 2.90. The Morgan fingerprint density at radius 1 is 1.55 bits per heavy atom.